The van der Waals surface area contributed by atoms with E-state index in [1.54, 1.807) is 12.1 Å². The summed E-state index contributed by atoms with van der Waals surface area (Å²) in [6.07, 6.45) is 3.20. The summed E-state index contributed by atoms with van der Waals surface area (Å²) in [6, 6.07) is 44.2. The van der Waals surface area contributed by atoms with Crippen LogP contribution in [-0.2, 0) is 32.5 Å². The molecule has 0 unspecified atom stereocenters. The van der Waals surface area contributed by atoms with E-state index < -0.39 is 11.6 Å². The number of rotatable bonds is 16. The lowest BCUT2D eigenvalue weighted by Crippen LogP contribution is -2.25. The van der Waals surface area contributed by atoms with Crippen LogP contribution >= 0.6 is 0 Å². The quantitative estimate of drug-likeness (QED) is 0.101. The van der Waals surface area contributed by atoms with E-state index in [0.29, 0.717) is 51.5 Å². The van der Waals surface area contributed by atoms with Crippen molar-refractivity contribution < 1.29 is 28.5 Å². The fourth-order valence-electron chi connectivity index (χ4n) is 14.8. The normalized spacial score (nSPS) is 13.4. The lowest BCUT2D eigenvalue weighted by molar-refractivity contribution is 0.169. The molecule has 10 rings (SSSR count). The van der Waals surface area contributed by atoms with Gasteiger partial charge in [-0.2, -0.15) is 0 Å². The number of fused-ring (bicyclic) bond motifs is 6. The van der Waals surface area contributed by atoms with Crippen LogP contribution in [0.15, 0.2) is 133 Å². The first-order valence-electron chi connectivity index (χ1n) is 34.2. The third-order valence-electron chi connectivity index (χ3n) is 19.3. The van der Waals surface area contributed by atoms with Gasteiger partial charge in [-0.15, -0.1) is 0 Å². The van der Waals surface area contributed by atoms with Crippen molar-refractivity contribution in [3.63, 3.8) is 0 Å². The molecule has 0 aliphatic carbocycles. The first-order valence-corrected chi connectivity index (χ1v) is 34.2. The number of ether oxygens (including phenoxy) is 2. The third-order valence-corrected chi connectivity index (χ3v) is 19.3. The van der Waals surface area contributed by atoms with Crippen LogP contribution in [0, 0.1) is 28.4 Å². The van der Waals surface area contributed by atoms with E-state index in [2.05, 4.69) is 253 Å². The maximum atomic E-state index is 16.1. The molecule has 10 aromatic rings. The highest BCUT2D eigenvalue weighted by atomic mass is 19.1. The van der Waals surface area contributed by atoms with E-state index in [9.17, 15) is 10.2 Å². The topological polar surface area (TPSA) is 68.8 Å². The van der Waals surface area contributed by atoms with Gasteiger partial charge in [0, 0.05) is 49.7 Å². The van der Waals surface area contributed by atoms with Crippen LogP contribution in [0.5, 0.6) is 23.0 Å². The Balaban J connectivity index is 1.07. The molecular weight excluding hydrogens is 1160 g/mol. The molecule has 0 saturated carbocycles. The lowest BCUT2D eigenvalue weighted by Gasteiger charge is -2.34. The van der Waals surface area contributed by atoms with Crippen LogP contribution in [0.25, 0.3) is 77.2 Å². The number of hydrogen-bond donors (Lipinski definition) is 2. The first kappa shape index (κ1) is 69.3. The number of hydrogen-bond acceptors (Lipinski definition) is 4. The second-order valence-electron chi connectivity index (χ2n) is 35.2. The van der Waals surface area contributed by atoms with Gasteiger partial charge < -0.3 is 28.8 Å². The van der Waals surface area contributed by atoms with E-state index in [1.165, 1.54) is 46.5 Å². The monoisotopic (exact) mass is 1270 g/mol. The van der Waals surface area contributed by atoms with Crippen LogP contribution in [0.2, 0.25) is 0 Å². The molecule has 0 aliphatic rings. The molecule has 0 saturated heterocycles. The third kappa shape index (κ3) is 14.2. The van der Waals surface area contributed by atoms with Gasteiger partial charge in [0.2, 0.25) is 0 Å². The molecular formula is C86H106F2N2O4. The van der Waals surface area contributed by atoms with Crippen molar-refractivity contribution >= 4 is 43.6 Å². The van der Waals surface area contributed by atoms with Crippen LogP contribution < -0.4 is 9.47 Å². The Kier molecular flexibility index (Phi) is 18.1. The number of benzene rings is 8. The molecule has 498 valence electrons. The van der Waals surface area contributed by atoms with Gasteiger partial charge in [-0.05, 0) is 205 Å². The summed E-state index contributed by atoms with van der Waals surface area (Å²) in [6.45, 7) is 51.8. The Hall–Kier alpha value is -7.58. The van der Waals surface area contributed by atoms with Crippen LogP contribution in [0.4, 0.5) is 8.78 Å². The Bertz CT molecular complexity index is 4080. The van der Waals surface area contributed by atoms with Crippen LogP contribution in [0.1, 0.15) is 218 Å². The van der Waals surface area contributed by atoms with Crippen molar-refractivity contribution in [1.29, 1.82) is 0 Å². The van der Waals surface area contributed by atoms with E-state index in [0.717, 1.165) is 74.0 Å². The van der Waals surface area contributed by atoms with Crippen molar-refractivity contribution in [2.45, 2.75) is 217 Å². The van der Waals surface area contributed by atoms with Crippen molar-refractivity contribution in [3.8, 4) is 56.6 Å². The SMILES string of the molecule is CCCC(COc1ccc(F)cc1-c1cc(C(C)(C)CC(C)(C)C)cc(-n2c3ccc(C(C)(C)C)cc3c3cc(C(C)(C)C)ccc32)c1O)COc1ccc(F)cc1-c1cc(C(C)(C)CC(C)(C)C)cc(-n2c3ccc(C(C)(C)C)cc3c3cc(C(C)(C)C)ccc32)c1O. The highest BCUT2D eigenvalue weighted by Crippen LogP contribution is 2.51. The molecule has 6 nitrogen and oxygen atoms in total. The fourth-order valence-corrected chi connectivity index (χ4v) is 14.8. The van der Waals surface area contributed by atoms with E-state index >= 15 is 8.78 Å². The second kappa shape index (κ2) is 24.6. The fraction of sp³-hybridized carbons (Fsp3) is 0.442. The van der Waals surface area contributed by atoms with Crippen molar-refractivity contribution in [2.24, 2.45) is 16.7 Å². The van der Waals surface area contributed by atoms with Gasteiger partial charge in [0.05, 0.1) is 46.7 Å². The average Bonchev–Trinajstić information content (AvgIpc) is 1.54. The number of halogens is 2. The number of nitrogens with zero attached hydrogens (tertiary/aromatic N) is 2. The highest BCUT2D eigenvalue weighted by Gasteiger charge is 2.34. The van der Waals surface area contributed by atoms with Crippen LogP contribution in [0.3, 0.4) is 0 Å². The molecule has 0 spiro atoms. The molecule has 0 fully saturated rings. The highest BCUT2D eigenvalue weighted by molar-refractivity contribution is 6.11. The minimum absolute atomic E-state index is 0.0152. The van der Waals surface area contributed by atoms with Gasteiger partial charge in [-0.25, -0.2) is 8.78 Å². The van der Waals surface area contributed by atoms with Crippen molar-refractivity contribution in [1.82, 2.24) is 9.13 Å². The maximum Gasteiger partial charge on any atom is 0.147 e. The smallest absolute Gasteiger partial charge is 0.147 e. The first-order chi connectivity index (χ1) is 43.4. The summed E-state index contributed by atoms with van der Waals surface area (Å²) in [5, 5.41) is 30.7. The van der Waals surface area contributed by atoms with Gasteiger partial charge in [0.25, 0.3) is 0 Å². The second-order valence-corrected chi connectivity index (χ2v) is 35.2. The molecule has 0 bridgehead atoms. The van der Waals surface area contributed by atoms with Gasteiger partial charge in [-0.3, -0.25) is 0 Å². The number of aromatic hydroxyl groups is 2. The molecule has 0 aliphatic heterocycles. The Morgan fingerprint density at radius 1 is 0.362 bits per heavy atom. The van der Waals surface area contributed by atoms with Gasteiger partial charge >= 0.3 is 0 Å². The van der Waals surface area contributed by atoms with Gasteiger partial charge in [0.1, 0.15) is 34.6 Å². The molecule has 94 heavy (non-hydrogen) atoms. The summed E-state index contributed by atoms with van der Waals surface area (Å²) >= 11 is 0. The van der Waals surface area contributed by atoms with Gasteiger partial charge in [-0.1, -0.05) is 190 Å². The number of aromatic nitrogens is 2. The molecule has 8 heteroatoms. The standard InChI is InChI=1S/C86H106F2N2O4/c1-24-25-52(48-93-75-36-30-59(87)46-65(75)67-42-57(85(20,21)50-79(2,3)4)44-73(77(67)91)89-69-32-26-53(81(8,9)10)38-61(69)62-39-54(82(11,12)13)27-33-70(62)89)49-94-76-37-31-60(88)47-66(76)68-43-58(86(22,23)51-80(5,6)7)45-74(78(68)92)90-71-34-28-55(83(14,15)16)40-63(71)64-41-56(84(17,18)19)29-35-72(64)90/h26-47,52,91-92H,24-25,48-51H2,1-23H3. The molecule has 2 aromatic heterocycles. The summed E-state index contributed by atoms with van der Waals surface area (Å²) in [4.78, 5) is 0. The van der Waals surface area contributed by atoms with Gasteiger partial charge in [0.15, 0.2) is 0 Å². The maximum absolute atomic E-state index is 16.1. The number of phenolic OH excluding ortho intramolecular Hbond substituents is 2. The largest absolute Gasteiger partial charge is 0.505 e. The minimum atomic E-state index is -0.457. The number of phenols is 2. The van der Waals surface area contributed by atoms with E-state index in [4.69, 9.17) is 9.47 Å². The Morgan fingerprint density at radius 2 is 0.660 bits per heavy atom. The molecule has 0 radical (unpaired) electrons. The summed E-state index contributed by atoms with van der Waals surface area (Å²) in [5.41, 5.74) is 12.4. The average molecular weight is 1270 g/mol. The summed E-state index contributed by atoms with van der Waals surface area (Å²) in [7, 11) is 0. The summed E-state index contributed by atoms with van der Waals surface area (Å²) < 4.78 is 50.5. The zero-order valence-electron chi connectivity index (χ0n) is 60.9. The summed E-state index contributed by atoms with van der Waals surface area (Å²) in [5.74, 6) is -0.231. The van der Waals surface area contributed by atoms with Crippen LogP contribution in [-0.4, -0.2) is 32.6 Å². The molecule has 0 amide bonds. The minimum Gasteiger partial charge on any atom is -0.505 e. The zero-order chi connectivity index (χ0) is 69.0. The van der Waals surface area contributed by atoms with Crippen molar-refractivity contribution in [2.75, 3.05) is 13.2 Å². The molecule has 8 aromatic carbocycles. The van der Waals surface area contributed by atoms with E-state index in [1.807, 2.05) is 12.1 Å². The predicted octanol–water partition coefficient (Wildman–Crippen LogP) is 24.4. The van der Waals surface area contributed by atoms with E-state index in [-0.39, 0.29) is 74.0 Å². The zero-order valence-corrected chi connectivity index (χ0v) is 60.9. The Morgan fingerprint density at radius 3 is 0.926 bits per heavy atom. The molecule has 2 heterocycles. The van der Waals surface area contributed by atoms with Crippen molar-refractivity contribution in [3.05, 3.63) is 178 Å². The molecule has 2 N–H and O–H groups in total. The Labute approximate surface area is 560 Å². The predicted molar refractivity (Wildman–Crippen MR) is 394 cm³/mol. The molecule has 0 atom stereocenters. The lowest BCUT2D eigenvalue weighted by atomic mass is 9.71.